The molecule has 0 aliphatic rings. The smallest absolute Gasteiger partial charge is 0.233 e. The highest BCUT2D eigenvalue weighted by Gasteiger charge is 2.29. The minimum absolute atomic E-state index is 0.227. The van der Waals surface area contributed by atoms with E-state index in [1.54, 1.807) is 31.2 Å². The highest BCUT2D eigenvalue weighted by atomic mass is 35.5. The number of benzene rings is 1. The van der Waals surface area contributed by atoms with Gasteiger partial charge in [0.15, 0.2) is 0 Å². The number of hydrogen-bond donors (Lipinski definition) is 0. The second-order valence-electron chi connectivity index (χ2n) is 5.05. The summed E-state index contributed by atoms with van der Waals surface area (Å²) in [6.07, 6.45) is 0. The lowest BCUT2D eigenvalue weighted by Gasteiger charge is -2.23. The van der Waals surface area contributed by atoms with Gasteiger partial charge in [0.2, 0.25) is 0 Å². The van der Waals surface area contributed by atoms with Crippen LogP contribution in [0.5, 0.6) is 0 Å². The van der Waals surface area contributed by atoms with E-state index in [-0.39, 0.29) is 4.90 Å². The SMILES string of the molecule is Cc1ccc(S(=O)(=O)N(c2ccsc2)c2ccsc2)c(C)c1Cl. The lowest BCUT2D eigenvalue weighted by Crippen LogP contribution is -2.26. The van der Waals surface area contributed by atoms with Crippen molar-refractivity contribution in [3.63, 3.8) is 0 Å². The van der Waals surface area contributed by atoms with E-state index in [9.17, 15) is 8.42 Å². The Morgan fingerprint density at radius 2 is 1.52 bits per heavy atom. The van der Waals surface area contributed by atoms with Crippen LogP contribution in [0.3, 0.4) is 0 Å². The van der Waals surface area contributed by atoms with Gasteiger partial charge >= 0.3 is 0 Å². The van der Waals surface area contributed by atoms with Crippen LogP contribution in [0.2, 0.25) is 5.02 Å². The molecule has 120 valence electrons. The first kappa shape index (κ1) is 16.5. The summed E-state index contributed by atoms with van der Waals surface area (Å²) in [6, 6.07) is 6.95. The molecule has 0 aliphatic heterocycles. The first-order valence-electron chi connectivity index (χ1n) is 6.78. The molecule has 3 rings (SSSR count). The molecule has 2 aromatic heterocycles. The highest BCUT2D eigenvalue weighted by Crippen LogP contribution is 2.37. The Bertz CT molecular complexity index is 882. The summed E-state index contributed by atoms with van der Waals surface area (Å²) < 4.78 is 27.9. The maximum absolute atomic E-state index is 13.3. The Balaban J connectivity index is 2.22. The molecule has 0 fully saturated rings. The monoisotopic (exact) mass is 383 g/mol. The van der Waals surface area contributed by atoms with Gasteiger partial charge in [0, 0.05) is 15.8 Å². The van der Waals surface area contributed by atoms with E-state index in [1.807, 2.05) is 28.4 Å². The number of hydrogen-bond acceptors (Lipinski definition) is 4. The van der Waals surface area contributed by atoms with E-state index in [0.717, 1.165) is 5.56 Å². The van der Waals surface area contributed by atoms with Gasteiger partial charge in [0.1, 0.15) is 0 Å². The topological polar surface area (TPSA) is 37.4 Å². The van der Waals surface area contributed by atoms with Gasteiger partial charge in [-0.05, 0) is 53.9 Å². The van der Waals surface area contributed by atoms with Gasteiger partial charge in [-0.2, -0.15) is 22.7 Å². The molecule has 0 N–H and O–H groups in total. The standard InChI is InChI=1S/C16H14ClNO2S3/c1-11-3-4-15(12(2)16(11)17)23(19,20)18(13-5-7-21-9-13)14-6-8-22-10-14/h3-10H,1-2H3. The second kappa shape index (κ2) is 6.28. The van der Waals surface area contributed by atoms with Crippen LogP contribution < -0.4 is 4.31 Å². The molecule has 0 aliphatic carbocycles. The summed E-state index contributed by atoms with van der Waals surface area (Å²) in [5.74, 6) is 0. The number of nitrogens with zero attached hydrogens (tertiary/aromatic N) is 1. The summed E-state index contributed by atoms with van der Waals surface area (Å²) in [4.78, 5) is 0.227. The zero-order valence-corrected chi connectivity index (χ0v) is 15.7. The first-order chi connectivity index (χ1) is 10.9. The third kappa shape index (κ3) is 2.92. The van der Waals surface area contributed by atoms with Crippen LogP contribution in [0.25, 0.3) is 0 Å². The molecule has 3 aromatic rings. The Morgan fingerprint density at radius 3 is 2.00 bits per heavy atom. The third-order valence-corrected chi connectivity index (χ3v) is 7.35. The van der Waals surface area contributed by atoms with E-state index in [1.165, 1.54) is 27.0 Å². The number of aryl methyl sites for hydroxylation is 1. The van der Waals surface area contributed by atoms with Gasteiger partial charge in [-0.25, -0.2) is 12.7 Å². The van der Waals surface area contributed by atoms with E-state index in [0.29, 0.717) is 22.0 Å². The molecule has 0 spiro atoms. The quantitative estimate of drug-likeness (QED) is 0.587. The number of sulfonamides is 1. The van der Waals surface area contributed by atoms with Gasteiger partial charge < -0.3 is 0 Å². The molecule has 7 heteroatoms. The fraction of sp³-hybridized carbons (Fsp3) is 0.125. The summed E-state index contributed by atoms with van der Waals surface area (Å²) >= 11 is 9.18. The lowest BCUT2D eigenvalue weighted by atomic mass is 10.1. The summed E-state index contributed by atoms with van der Waals surface area (Å²) in [7, 11) is -3.75. The van der Waals surface area contributed by atoms with Gasteiger partial charge in [-0.1, -0.05) is 17.7 Å². The van der Waals surface area contributed by atoms with Crippen LogP contribution in [0.15, 0.2) is 50.7 Å². The molecule has 0 amide bonds. The van der Waals surface area contributed by atoms with Crippen LogP contribution in [0.1, 0.15) is 11.1 Å². The highest BCUT2D eigenvalue weighted by molar-refractivity contribution is 7.93. The molecule has 0 unspecified atom stereocenters. The second-order valence-corrected chi connectivity index (χ2v) is 8.75. The van der Waals surface area contributed by atoms with Crippen LogP contribution in [0.4, 0.5) is 11.4 Å². The van der Waals surface area contributed by atoms with E-state index in [4.69, 9.17) is 11.6 Å². The average molecular weight is 384 g/mol. The van der Waals surface area contributed by atoms with Crippen LogP contribution in [-0.2, 0) is 10.0 Å². The molecule has 3 nitrogen and oxygen atoms in total. The van der Waals surface area contributed by atoms with Gasteiger partial charge in [-0.15, -0.1) is 0 Å². The fourth-order valence-corrected chi connectivity index (χ4v) is 5.65. The van der Waals surface area contributed by atoms with E-state index in [2.05, 4.69) is 0 Å². The predicted molar refractivity (Wildman–Crippen MR) is 98.9 cm³/mol. The zero-order valence-electron chi connectivity index (χ0n) is 12.5. The predicted octanol–water partition coefficient (Wildman–Crippen LogP) is 5.61. The van der Waals surface area contributed by atoms with Crippen molar-refractivity contribution in [2.45, 2.75) is 18.7 Å². The van der Waals surface area contributed by atoms with Crippen molar-refractivity contribution in [3.05, 3.63) is 61.9 Å². The molecule has 1 aromatic carbocycles. The van der Waals surface area contributed by atoms with Crippen LogP contribution in [-0.4, -0.2) is 8.42 Å². The number of anilines is 2. The molecule has 0 bridgehead atoms. The lowest BCUT2D eigenvalue weighted by molar-refractivity contribution is 0.595. The van der Waals surface area contributed by atoms with E-state index < -0.39 is 10.0 Å². The first-order valence-corrected chi connectivity index (χ1v) is 10.5. The summed E-state index contributed by atoms with van der Waals surface area (Å²) in [5, 5.41) is 7.85. The molecular weight excluding hydrogens is 370 g/mol. The number of rotatable bonds is 4. The van der Waals surface area contributed by atoms with Crippen molar-refractivity contribution in [3.8, 4) is 0 Å². The van der Waals surface area contributed by atoms with Crippen molar-refractivity contribution < 1.29 is 8.42 Å². The van der Waals surface area contributed by atoms with Gasteiger partial charge in [-0.3, -0.25) is 0 Å². The van der Waals surface area contributed by atoms with Crippen molar-refractivity contribution >= 4 is 55.7 Å². The van der Waals surface area contributed by atoms with Crippen molar-refractivity contribution in [1.82, 2.24) is 0 Å². The maximum atomic E-state index is 13.3. The molecule has 0 atom stereocenters. The molecule has 0 saturated heterocycles. The molecule has 0 saturated carbocycles. The van der Waals surface area contributed by atoms with Gasteiger partial charge in [0.25, 0.3) is 10.0 Å². The minimum atomic E-state index is -3.75. The summed E-state index contributed by atoms with van der Waals surface area (Å²) in [6.45, 7) is 3.60. The Labute approximate surface area is 148 Å². The van der Waals surface area contributed by atoms with Crippen molar-refractivity contribution in [2.75, 3.05) is 4.31 Å². The van der Waals surface area contributed by atoms with Crippen LogP contribution >= 0.6 is 34.3 Å². The average Bonchev–Trinajstić information content (AvgIpc) is 3.18. The van der Waals surface area contributed by atoms with Crippen LogP contribution in [0, 0.1) is 13.8 Å². The number of thiophene rings is 2. The Hall–Kier alpha value is -1.34. The summed E-state index contributed by atoms with van der Waals surface area (Å²) in [5.41, 5.74) is 2.69. The van der Waals surface area contributed by atoms with Crippen molar-refractivity contribution in [1.29, 1.82) is 0 Å². The molecular formula is C16H14ClNO2S3. The largest absolute Gasteiger partial charge is 0.269 e. The molecule has 23 heavy (non-hydrogen) atoms. The maximum Gasteiger partial charge on any atom is 0.269 e. The normalized spacial score (nSPS) is 11.6. The van der Waals surface area contributed by atoms with Crippen molar-refractivity contribution in [2.24, 2.45) is 0 Å². The fourth-order valence-electron chi connectivity index (χ4n) is 2.35. The minimum Gasteiger partial charge on any atom is -0.233 e. The Morgan fingerprint density at radius 1 is 0.957 bits per heavy atom. The third-order valence-electron chi connectivity index (χ3n) is 3.53. The Kier molecular flexibility index (Phi) is 4.51. The zero-order chi connectivity index (χ0) is 16.6. The molecule has 0 radical (unpaired) electrons. The molecule has 2 heterocycles. The van der Waals surface area contributed by atoms with E-state index >= 15 is 0 Å². The number of halogens is 1. The van der Waals surface area contributed by atoms with Gasteiger partial charge in [0.05, 0.1) is 16.3 Å².